The second-order valence-electron chi connectivity index (χ2n) is 3.94. The van der Waals surface area contributed by atoms with Crippen molar-refractivity contribution in [3.63, 3.8) is 0 Å². The van der Waals surface area contributed by atoms with Gasteiger partial charge in [-0.25, -0.2) is 10.1 Å². The van der Waals surface area contributed by atoms with Crippen LogP contribution in [-0.2, 0) is 6.54 Å². The number of fused-ring (bicyclic) bond motifs is 1. The number of nitrogens with two attached hydrogens (primary N) is 1. The molecule has 0 fully saturated rings. The Morgan fingerprint density at radius 2 is 2.17 bits per heavy atom. The van der Waals surface area contributed by atoms with E-state index in [1.54, 1.807) is 6.33 Å². The van der Waals surface area contributed by atoms with Gasteiger partial charge >= 0.3 is 0 Å². The molecule has 6 heteroatoms. The highest BCUT2D eigenvalue weighted by Crippen LogP contribution is 2.22. The van der Waals surface area contributed by atoms with E-state index in [1.165, 1.54) is 6.07 Å². The Balaban J connectivity index is 2.21. The summed E-state index contributed by atoms with van der Waals surface area (Å²) in [6.07, 6.45) is 1.64. The van der Waals surface area contributed by atoms with Gasteiger partial charge in [-0.05, 0) is 17.7 Å². The SMILES string of the molecule is NCc1cc(=O)[nH]nc1-c1ccc2nc[nH]c2c1. The van der Waals surface area contributed by atoms with Crippen molar-refractivity contribution in [2.75, 3.05) is 0 Å². The number of aromatic nitrogens is 4. The molecule has 0 aliphatic heterocycles. The van der Waals surface area contributed by atoms with Crippen molar-refractivity contribution in [1.82, 2.24) is 20.2 Å². The summed E-state index contributed by atoms with van der Waals surface area (Å²) >= 11 is 0. The number of benzene rings is 1. The zero-order valence-corrected chi connectivity index (χ0v) is 9.47. The summed E-state index contributed by atoms with van der Waals surface area (Å²) in [6.45, 7) is 0.271. The molecule has 3 aromatic rings. The highest BCUT2D eigenvalue weighted by Gasteiger charge is 2.08. The number of hydrogen-bond acceptors (Lipinski definition) is 4. The lowest BCUT2D eigenvalue weighted by Gasteiger charge is -2.05. The van der Waals surface area contributed by atoms with Gasteiger partial charge in [0.25, 0.3) is 5.56 Å². The molecular weight excluding hydrogens is 230 g/mol. The molecule has 0 atom stereocenters. The predicted molar refractivity (Wildman–Crippen MR) is 67.8 cm³/mol. The Labute approximate surface area is 102 Å². The first-order chi connectivity index (χ1) is 8.78. The Morgan fingerprint density at radius 3 is 3.00 bits per heavy atom. The number of aromatic amines is 2. The van der Waals surface area contributed by atoms with Crippen LogP contribution >= 0.6 is 0 Å². The van der Waals surface area contributed by atoms with E-state index in [4.69, 9.17) is 5.73 Å². The van der Waals surface area contributed by atoms with Crippen LogP contribution in [0, 0.1) is 0 Å². The van der Waals surface area contributed by atoms with Crippen molar-refractivity contribution in [3.05, 3.63) is 46.5 Å². The second kappa shape index (κ2) is 4.08. The summed E-state index contributed by atoms with van der Waals surface area (Å²) in [7, 11) is 0. The number of rotatable bonds is 2. The van der Waals surface area contributed by atoms with Gasteiger partial charge in [0.15, 0.2) is 0 Å². The summed E-state index contributed by atoms with van der Waals surface area (Å²) in [4.78, 5) is 18.4. The van der Waals surface area contributed by atoms with Gasteiger partial charge in [0, 0.05) is 18.2 Å². The topological polar surface area (TPSA) is 100 Å². The Hall–Kier alpha value is -2.47. The fourth-order valence-electron chi connectivity index (χ4n) is 1.93. The monoisotopic (exact) mass is 241 g/mol. The van der Waals surface area contributed by atoms with Crippen molar-refractivity contribution in [1.29, 1.82) is 0 Å². The molecular formula is C12H11N5O. The minimum absolute atomic E-state index is 0.248. The zero-order chi connectivity index (χ0) is 12.5. The number of hydrogen-bond donors (Lipinski definition) is 3. The van der Waals surface area contributed by atoms with Crippen LogP contribution in [0.4, 0.5) is 0 Å². The number of nitrogens with one attached hydrogen (secondary N) is 2. The van der Waals surface area contributed by atoms with E-state index >= 15 is 0 Å². The van der Waals surface area contributed by atoms with Gasteiger partial charge in [-0.3, -0.25) is 4.79 Å². The first-order valence-corrected chi connectivity index (χ1v) is 5.50. The van der Waals surface area contributed by atoms with Crippen LogP contribution < -0.4 is 11.3 Å². The summed E-state index contributed by atoms with van der Waals surface area (Å²) in [5.74, 6) is 0. The third-order valence-corrected chi connectivity index (χ3v) is 2.80. The molecule has 0 unspecified atom stereocenters. The van der Waals surface area contributed by atoms with Crippen molar-refractivity contribution < 1.29 is 0 Å². The van der Waals surface area contributed by atoms with Gasteiger partial charge in [-0.1, -0.05) is 6.07 Å². The van der Waals surface area contributed by atoms with Crippen molar-refractivity contribution in [3.8, 4) is 11.3 Å². The molecule has 0 bridgehead atoms. The molecule has 2 heterocycles. The molecule has 0 saturated carbocycles. The minimum atomic E-state index is -0.248. The van der Waals surface area contributed by atoms with Crippen molar-refractivity contribution in [2.24, 2.45) is 5.73 Å². The fourth-order valence-corrected chi connectivity index (χ4v) is 1.93. The molecule has 0 spiro atoms. The normalized spacial score (nSPS) is 10.9. The summed E-state index contributed by atoms with van der Waals surface area (Å²) < 4.78 is 0. The smallest absolute Gasteiger partial charge is 0.264 e. The molecule has 0 aliphatic carbocycles. The maximum Gasteiger partial charge on any atom is 0.264 e. The number of imidazole rings is 1. The summed E-state index contributed by atoms with van der Waals surface area (Å²) in [5.41, 5.74) is 9.50. The Morgan fingerprint density at radius 1 is 1.28 bits per heavy atom. The summed E-state index contributed by atoms with van der Waals surface area (Å²) in [5, 5.41) is 6.49. The number of H-pyrrole nitrogens is 2. The average Bonchev–Trinajstić information content (AvgIpc) is 2.85. The van der Waals surface area contributed by atoms with Crippen LogP contribution in [0.2, 0.25) is 0 Å². The molecule has 90 valence electrons. The first-order valence-electron chi connectivity index (χ1n) is 5.50. The molecule has 0 saturated heterocycles. The highest BCUT2D eigenvalue weighted by atomic mass is 16.1. The van der Waals surface area contributed by atoms with Gasteiger partial charge in [-0.15, -0.1) is 0 Å². The molecule has 6 nitrogen and oxygen atoms in total. The summed E-state index contributed by atoms with van der Waals surface area (Å²) in [6, 6.07) is 7.21. The van der Waals surface area contributed by atoms with E-state index in [9.17, 15) is 4.79 Å². The third-order valence-electron chi connectivity index (χ3n) is 2.80. The number of nitrogens with zero attached hydrogens (tertiary/aromatic N) is 2. The Kier molecular flexibility index (Phi) is 2.42. The lowest BCUT2D eigenvalue weighted by atomic mass is 10.1. The lowest BCUT2D eigenvalue weighted by molar-refractivity contribution is 0.945. The van der Waals surface area contributed by atoms with Crippen LogP contribution in [0.5, 0.6) is 0 Å². The molecule has 0 aliphatic rings. The van der Waals surface area contributed by atoms with Crippen LogP contribution in [-0.4, -0.2) is 20.2 Å². The van der Waals surface area contributed by atoms with Crippen LogP contribution in [0.15, 0.2) is 35.4 Å². The van der Waals surface area contributed by atoms with E-state index in [1.807, 2.05) is 18.2 Å². The third kappa shape index (κ3) is 1.68. The maximum absolute atomic E-state index is 11.2. The van der Waals surface area contributed by atoms with Crippen LogP contribution in [0.25, 0.3) is 22.3 Å². The first kappa shape index (κ1) is 10.7. The standard InChI is InChI=1S/C12H11N5O/c13-5-8-4-11(18)16-17-12(8)7-1-2-9-10(3-7)15-6-14-9/h1-4,6H,5,13H2,(H,14,15)(H,16,18). The largest absolute Gasteiger partial charge is 0.345 e. The zero-order valence-electron chi connectivity index (χ0n) is 9.47. The van der Waals surface area contributed by atoms with Gasteiger partial charge in [0.1, 0.15) is 0 Å². The van der Waals surface area contributed by atoms with Crippen LogP contribution in [0.3, 0.4) is 0 Å². The maximum atomic E-state index is 11.2. The van der Waals surface area contributed by atoms with Gasteiger partial charge in [0.05, 0.1) is 23.1 Å². The quantitative estimate of drug-likeness (QED) is 0.617. The molecule has 0 radical (unpaired) electrons. The van der Waals surface area contributed by atoms with E-state index in [0.29, 0.717) is 5.69 Å². The van der Waals surface area contributed by atoms with Crippen molar-refractivity contribution >= 4 is 11.0 Å². The van der Waals surface area contributed by atoms with E-state index in [2.05, 4.69) is 20.2 Å². The molecule has 1 aromatic carbocycles. The molecule has 3 rings (SSSR count). The fraction of sp³-hybridized carbons (Fsp3) is 0.0833. The molecule has 0 amide bonds. The van der Waals surface area contributed by atoms with Gasteiger partial charge in [0.2, 0.25) is 0 Å². The van der Waals surface area contributed by atoms with Crippen LogP contribution in [0.1, 0.15) is 5.56 Å². The van der Waals surface area contributed by atoms with E-state index in [0.717, 1.165) is 22.2 Å². The van der Waals surface area contributed by atoms with E-state index < -0.39 is 0 Å². The van der Waals surface area contributed by atoms with Crippen molar-refractivity contribution in [2.45, 2.75) is 6.54 Å². The molecule has 2 aromatic heterocycles. The van der Waals surface area contributed by atoms with Gasteiger partial charge in [-0.2, -0.15) is 5.10 Å². The molecule has 18 heavy (non-hydrogen) atoms. The van der Waals surface area contributed by atoms with E-state index in [-0.39, 0.29) is 12.1 Å². The predicted octanol–water partition coefficient (Wildman–Crippen LogP) is 0.772. The lowest BCUT2D eigenvalue weighted by Crippen LogP contribution is -2.12. The highest BCUT2D eigenvalue weighted by molar-refractivity contribution is 5.81. The average molecular weight is 241 g/mol. The Bertz CT molecular complexity index is 758. The molecule has 4 N–H and O–H groups in total. The minimum Gasteiger partial charge on any atom is -0.345 e. The van der Waals surface area contributed by atoms with Gasteiger partial charge < -0.3 is 10.7 Å². The second-order valence-corrected chi connectivity index (χ2v) is 3.94.